The van der Waals surface area contributed by atoms with Gasteiger partial charge in [-0.3, -0.25) is 0 Å². The first-order valence-electron chi connectivity index (χ1n) is 6.34. The van der Waals surface area contributed by atoms with Gasteiger partial charge in [-0.25, -0.2) is 0 Å². The molecule has 0 aliphatic rings. The van der Waals surface area contributed by atoms with Crippen LogP contribution in [-0.2, 0) is 0 Å². The molecule has 0 amide bonds. The van der Waals surface area contributed by atoms with Crippen LogP contribution in [0.25, 0.3) is 11.1 Å². The van der Waals surface area contributed by atoms with Crippen LogP contribution in [0, 0.1) is 0 Å². The average Bonchev–Trinajstić information content (AvgIpc) is 2.45. The van der Waals surface area contributed by atoms with Crippen LogP contribution in [0.3, 0.4) is 0 Å². The molecule has 0 spiro atoms. The van der Waals surface area contributed by atoms with Crippen LogP contribution < -0.4 is 4.74 Å². The Kier molecular flexibility index (Phi) is 5.93. The number of alkyl halides is 1. The fourth-order valence-electron chi connectivity index (χ4n) is 1.77. The van der Waals surface area contributed by atoms with E-state index in [2.05, 4.69) is 68.3 Å². The zero-order valence-corrected chi connectivity index (χ0v) is 13.8. The summed E-state index contributed by atoms with van der Waals surface area (Å²) in [6, 6.07) is 16.6. The zero-order valence-electron chi connectivity index (χ0n) is 10.6. The van der Waals surface area contributed by atoms with Crippen molar-refractivity contribution in [2.45, 2.75) is 12.8 Å². The minimum atomic E-state index is 0.781. The van der Waals surface area contributed by atoms with Crippen molar-refractivity contribution in [2.75, 3.05) is 11.9 Å². The summed E-state index contributed by atoms with van der Waals surface area (Å²) >= 11 is 6.86. The van der Waals surface area contributed by atoms with Crippen molar-refractivity contribution in [3.05, 3.63) is 53.0 Å². The molecule has 0 radical (unpaired) electrons. The molecular weight excluding hydrogens is 368 g/mol. The van der Waals surface area contributed by atoms with Crippen molar-refractivity contribution in [3.63, 3.8) is 0 Å². The van der Waals surface area contributed by atoms with E-state index in [1.54, 1.807) is 0 Å². The summed E-state index contributed by atoms with van der Waals surface area (Å²) in [6.07, 6.45) is 2.23. The van der Waals surface area contributed by atoms with Crippen LogP contribution in [0.2, 0.25) is 0 Å². The van der Waals surface area contributed by atoms with Crippen LogP contribution in [0.4, 0.5) is 0 Å². The first-order valence-corrected chi connectivity index (χ1v) is 8.26. The zero-order chi connectivity index (χ0) is 13.5. The molecule has 1 nitrogen and oxygen atoms in total. The van der Waals surface area contributed by atoms with Gasteiger partial charge in [0.05, 0.1) is 6.61 Å². The van der Waals surface area contributed by atoms with E-state index < -0.39 is 0 Å². The summed E-state index contributed by atoms with van der Waals surface area (Å²) in [6.45, 7) is 0.781. The van der Waals surface area contributed by atoms with E-state index in [1.807, 2.05) is 12.1 Å². The van der Waals surface area contributed by atoms with E-state index in [0.717, 1.165) is 35.0 Å². The van der Waals surface area contributed by atoms with Crippen LogP contribution in [0.15, 0.2) is 53.0 Å². The van der Waals surface area contributed by atoms with Gasteiger partial charge in [0.25, 0.3) is 0 Å². The number of benzene rings is 2. The lowest BCUT2D eigenvalue weighted by Crippen LogP contribution is -1.97. The quantitative estimate of drug-likeness (QED) is 0.461. The Bertz CT molecular complexity index is 491. The maximum absolute atomic E-state index is 5.69. The molecule has 0 heterocycles. The third-order valence-corrected chi connectivity index (χ3v) is 3.92. The highest BCUT2D eigenvalue weighted by atomic mass is 79.9. The number of hydrogen-bond acceptors (Lipinski definition) is 1. The van der Waals surface area contributed by atoms with Gasteiger partial charge in [0.15, 0.2) is 0 Å². The van der Waals surface area contributed by atoms with Gasteiger partial charge in [-0.05, 0) is 48.2 Å². The maximum Gasteiger partial charge on any atom is 0.119 e. The molecule has 0 aliphatic carbocycles. The van der Waals surface area contributed by atoms with Crippen molar-refractivity contribution >= 4 is 31.9 Å². The second-order valence-electron chi connectivity index (χ2n) is 4.28. The Morgan fingerprint density at radius 3 is 1.95 bits per heavy atom. The lowest BCUT2D eigenvalue weighted by Gasteiger charge is -2.07. The molecule has 0 saturated heterocycles. The summed E-state index contributed by atoms with van der Waals surface area (Å²) in [5.41, 5.74) is 2.43. The first kappa shape index (κ1) is 14.6. The number of halogens is 2. The molecule has 0 N–H and O–H groups in total. The van der Waals surface area contributed by atoms with Gasteiger partial charge in [0.2, 0.25) is 0 Å². The molecule has 0 bridgehead atoms. The molecule has 2 rings (SSSR count). The standard InChI is InChI=1S/C16H16Br2O/c17-11-1-2-12-19-16-9-5-14(6-10-16)13-3-7-15(18)8-4-13/h3-10H,1-2,11-12H2. The van der Waals surface area contributed by atoms with Crippen LogP contribution in [0.5, 0.6) is 5.75 Å². The maximum atomic E-state index is 5.69. The van der Waals surface area contributed by atoms with E-state index in [0.29, 0.717) is 0 Å². The van der Waals surface area contributed by atoms with Gasteiger partial charge in [-0.15, -0.1) is 0 Å². The molecule has 0 unspecified atom stereocenters. The Morgan fingerprint density at radius 2 is 1.37 bits per heavy atom. The number of ether oxygens (including phenoxy) is 1. The topological polar surface area (TPSA) is 9.23 Å². The average molecular weight is 384 g/mol. The second kappa shape index (κ2) is 7.71. The Morgan fingerprint density at radius 1 is 0.789 bits per heavy atom. The Labute approximate surface area is 131 Å². The van der Waals surface area contributed by atoms with Gasteiger partial charge in [0.1, 0.15) is 5.75 Å². The third-order valence-electron chi connectivity index (χ3n) is 2.83. The van der Waals surface area contributed by atoms with Crippen molar-refractivity contribution in [1.82, 2.24) is 0 Å². The predicted octanol–water partition coefficient (Wildman–Crippen LogP) is 5.67. The Hall–Kier alpha value is -0.800. The van der Waals surface area contributed by atoms with Gasteiger partial charge < -0.3 is 4.74 Å². The van der Waals surface area contributed by atoms with Crippen molar-refractivity contribution < 1.29 is 4.74 Å². The number of unbranched alkanes of at least 4 members (excludes halogenated alkanes) is 1. The van der Waals surface area contributed by atoms with Gasteiger partial charge in [-0.2, -0.15) is 0 Å². The SMILES string of the molecule is BrCCCCOc1ccc(-c2ccc(Br)cc2)cc1. The monoisotopic (exact) mass is 382 g/mol. The van der Waals surface area contributed by atoms with E-state index in [9.17, 15) is 0 Å². The lowest BCUT2D eigenvalue weighted by atomic mass is 10.1. The van der Waals surface area contributed by atoms with E-state index in [-0.39, 0.29) is 0 Å². The third kappa shape index (κ3) is 4.66. The van der Waals surface area contributed by atoms with Crippen molar-refractivity contribution in [2.24, 2.45) is 0 Å². The fourth-order valence-corrected chi connectivity index (χ4v) is 2.43. The molecular formula is C16H16Br2O. The summed E-state index contributed by atoms with van der Waals surface area (Å²) in [4.78, 5) is 0. The highest BCUT2D eigenvalue weighted by Crippen LogP contribution is 2.24. The normalized spacial score (nSPS) is 10.4. The molecule has 100 valence electrons. The van der Waals surface area contributed by atoms with Crippen LogP contribution in [0.1, 0.15) is 12.8 Å². The van der Waals surface area contributed by atoms with E-state index >= 15 is 0 Å². The van der Waals surface area contributed by atoms with Gasteiger partial charge in [-0.1, -0.05) is 56.1 Å². The Balaban J connectivity index is 1.96. The summed E-state index contributed by atoms with van der Waals surface area (Å²) in [5, 5.41) is 1.04. The molecule has 0 aromatic heterocycles. The first-order chi connectivity index (χ1) is 9.29. The van der Waals surface area contributed by atoms with Crippen LogP contribution in [-0.4, -0.2) is 11.9 Å². The predicted molar refractivity (Wildman–Crippen MR) is 88.1 cm³/mol. The van der Waals surface area contributed by atoms with Crippen LogP contribution >= 0.6 is 31.9 Å². The van der Waals surface area contributed by atoms with Crippen molar-refractivity contribution in [3.8, 4) is 16.9 Å². The highest BCUT2D eigenvalue weighted by molar-refractivity contribution is 9.10. The van der Waals surface area contributed by atoms with Gasteiger partial charge in [0, 0.05) is 9.80 Å². The minimum Gasteiger partial charge on any atom is -0.494 e. The summed E-state index contributed by atoms with van der Waals surface area (Å²) in [7, 11) is 0. The summed E-state index contributed by atoms with van der Waals surface area (Å²) < 4.78 is 6.79. The van der Waals surface area contributed by atoms with Crippen molar-refractivity contribution in [1.29, 1.82) is 0 Å². The molecule has 0 atom stereocenters. The van der Waals surface area contributed by atoms with Gasteiger partial charge >= 0.3 is 0 Å². The summed E-state index contributed by atoms with van der Waals surface area (Å²) in [5.74, 6) is 0.940. The van der Waals surface area contributed by atoms with E-state index in [1.165, 1.54) is 11.1 Å². The number of rotatable bonds is 6. The largest absolute Gasteiger partial charge is 0.494 e. The second-order valence-corrected chi connectivity index (χ2v) is 5.98. The highest BCUT2D eigenvalue weighted by Gasteiger charge is 1.99. The minimum absolute atomic E-state index is 0.781. The lowest BCUT2D eigenvalue weighted by molar-refractivity contribution is 0.310. The van der Waals surface area contributed by atoms with E-state index in [4.69, 9.17) is 4.74 Å². The molecule has 0 fully saturated rings. The number of hydrogen-bond donors (Lipinski definition) is 0. The fraction of sp³-hybridized carbons (Fsp3) is 0.250. The molecule has 0 saturated carbocycles. The molecule has 2 aromatic rings. The smallest absolute Gasteiger partial charge is 0.119 e. The molecule has 3 heteroatoms. The molecule has 2 aromatic carbocycles. The molecule has 0 aliphatic heterocycles. The molecule has 19 heavy (non-hydrogen) atoms.